The van der Waals surface area contributed by atoms with Crippen LogP contribution in [0.1, 0.15) is 0 Å². The zero-order valence-electron chi connectivity index (χ0n) is 4.46. The average Bonchev–Trinajstić information content (AvgIpc) is 2.35. The molecule has 0 saturated carbocycles. The van der Waals surface area contributed by atoms with E-state index < -0.39 is 0 Å². The first-order valence-electron chi connectivity index (χ1n) is 2.44. The van der Waals surface area contributed by atoms with Crippen molar-refractivity contribution in [2.45, 2.75) is 0 Å². The third-order valence-corrected chi connectivity index (χ3v) is 1.09. The van der Waals surface area contributed by atoms with Gasteiger partial charge in [0, 0.05) is 0 Å². The second kappa shape index (κ2) is 1.34. The Bertz CT molecular complexity index is 227. The number of ether oxygens (including phenoxy) is 2. The summed E-state index contributed by atoms with van der Waals surface area (Å²) in [5.74, 6) is 0.546. The van der Waals surface area contributed by atoms with E-state index in [1.165, 1.54) is 6.26 Å². The minimum atomic E-state index is -0.0116. The van der Waals surface area contributed by atoms with Gasteiger partial charge in [0.15, 0.2) is 0 Å². The van der Waals surface area contributed by atoms with Gasteiger partial charge in [-0.25, -0.2) is 0 Å². The summed E-state index contributed by atoms with van der Waals surface area (Å²) in [4.78, 5) is 0. The van der Waals surface area contributed by atoms with Crippen LogP contribution in [0.15, 0.2) is 10.7 Å². The molecule has 0 aliphatic carbocycles. The van der Waals surface area contributed by atoms with Crippen LogP contribution in [0.4, 0.5) is 0 Å². The number of fused-ring (bicyclic) bond motifs is 1. The summed E-state index contributed by atoms with van der Waals surface area (Å²) in [6, 6.07) is 0. The molecule has 0 radical (unpaired) electrons. The lowest BCUT2D eigenvalue weighted by Crippen LogP contribution is -1.93. The maximum Gasteiger partial charge on any atom is 0.335 e. The number of rotatable bonds is 0. The van der Waals surface area contributed by atoms with Crippen LogP contribution < -0.4 is 9.47 Å². The van der Waals surface area contributed by atoms with Gasteiger partial charge in [0.1, 0.15) is 6.26 Å². The normalized spacial score (nSPS) is 14.2. The molecule has 1 aromatic heterocycles. The van der Waals surface area contributed by atoms with Crippen LogP contribution in [0.25, 0.3) is 0 Å². The molecule has 1 aliphatic rings. The summed E-state index contributed by atoms with van der Waals surface area (Å²) in [5.41, 5.74) is 0. The molecule has 0 saturated heterocycles. The summed E-state index contributed by atoms with van der Waals surface area (Å²) >= 11 is 0. The lowest BCUT2D eigenvalue weighted by Gasteiger charge is -1.87. The zero-order chi connectivity index (χ0) is 6.27. The van der Waals surface area contributed by atoms with E-state index in [1.807, 2.05) is 0 Å². The van der Waals surface area contributed by atoms with Gasteiger partial charge in [0.2, 0.25) is 18.3 Å². The molecule has 0 bridgehead atoms. The molecule has 0 spiro atoms. The van der Waals surface area contributed by atoms with Crippen LogP contribution in [0, 0.1) is 0 Å². The SMILES string of the molecule is Oc1coc2c1OCO2. The van der Waals surface area contributed by atoms with E-state index in [1.54, 1.807) is 0 Å². The predicted molar refractivity (Wildman–Crippen MR) is 26.5 cm³/mol. The largest absolute Gasteiger partial charge is 0.502 e. The molecule has 9 heavy (non-hydrogen) atoms. The van der Waals surface area contributed by atoms with E-state index in [-0.39, 0.29) is 18.5 Å². The Hall–Kier alpha value is -1.32. The first-order valence-corrected chi connectivity index (χ1v) is 2.44. The van der Waals surface area contributed by atoms with E-state index in [4.69, 9.17) is 19.0 Å². The standard InChI is InChI=1S/C5H4O4/c6-3-1-7-5-4(3)8-2-9-5/h1,6H,2H2. The van der Waals surface area contributed by atoms with Crippen molar-refractivity contribution in [1.82, 2.24) is 0 Å². The third kappa shape index (κ3) is 0.468. The van der Waals surface area contributed by atoms with Crippen molar-refractivity contribution >= 4 is 0 Å². The first kappa shape index (κ1) is 4.55. The van der Waals surface area contributed by atoms with Gasteiger partial charge in [-0.2, -0.15) is 0 Å². The second-order valence-electron chi connectivity index (χ2n) is 1.64. The number of aromatic hydroxyl groups is 1. The minimum Gasteiger partial charge on any atom is -0.502 e. The summed E-state index contributed by atoms with van der Waals surface area (Å²) < 4.78 is 14.3. The molecule has 48 valence electrons. The highest BCUT2D eigenvalue weighted by Gasteiger charge is 2.21. The van der Waals surface area contributed by atoms with Crippen LogP contribution in [-0.4, -0.2) is 11.9 Å². The van der Waals surface area contributed by atoms with Crippen LogP contribution in [-0.2, 0) is 0 Å². The fourth-order valence-electron chi connectivity index (χ4n) is 0.695. The molecule has 0 amide bonds. The molecule has 4 heteroatoms. The Kier molecular flexibility index (Phi) is 0.677. The van der Waals surface area contributed by atoms with Gasteiger partial charge in [0.05, 0.1) is 0 Å². The first-order chi connectivity index (χ1) is 4.38. The van der Waals surface area contributed by atoms with Crippen LogP contribution in [0.5, 0.6) is 17.4 Å². The van der Waals surface area contributed by atoms with E-state index in [0.717, 1.165) is 0 Å². The molecule has 0 fully saturated rings. The maximum atomic E-state index is 8.87. The van der Waals surface area contributed by atoms with Gasteiger partial charge in [0.25, 0.3) is 0 Å². The Balaban J connectivity index is 2.56. The fourth-order valence-corrected chi connectivity index (χ4v) is 0.695. The molecule has 0 unspecified atom stereocenters. The molecule has 2 rings (SSSR count). The molecule has 1 N–H and O–H groups in total. The average molecular weight is 128 g/mol. The van der Waals surface area contributed by atoms with Crippen LogP contribution in [0.2, 0.25) is 0 Å². The maximum absolute atomic E-state index is 8.87. The van der Waals surface area contributed by atoms with E-state index in [0.29, 0.717) is 5.75 Å². The highest BCUT2D eigenvalue weighted by Crippen LogP contribution is 2.41. The van der Waals surface area contributed by atoms with Gasteiger partial charge < -0.3 is 19.0 Å². The minimum absolute atomic E-state index is 0.0116. The van der Waals surface area contributed by atoms with Gasteiger partial charge in [-0.05, 0) is 0 Å². The molecule has 1 aliphatic heterocycles. The van der Waals surface area contributed by atoms with Crippen molar-refractivity contribution in [3.8, 4) is 17.4 Å². The number of hydrogen-bond donors (Lipinski definition) is 1. The molecule has 4 nitrogen and oxygen atoms in total. The lowest BCUT2D eigenvalue weighted by atomic mass is 10.5. The van der Waals surface area contributed by atoms with Crippen molar-refractivity contribution < 1.29 is 19.0 Å². The molecular formula is C5H4O4. The predicted octanol–water partition coefficient (Wildman–Crippen LogP) is 0.714. The molecule has 0 aromatic carbocycles. The van der Waals surface area contributed by atoms with Crippen molar-refractivity contribution in [1.29, 1.82) is 0 Å². The van der Waals surface area contributed by atoms with Crippen molar-refractivity contribution in [3.05, 3.63) is 6.26 Å². The smallest absolute Gasteiger partial charge is 0.335 e. The number of hydrogen-bond acceptors (Lipinski definition) is 4. The molecular weight excluding hydrogens is 124 g/mol. The second-order valence-corrected chi connectivity index (χ2v) is 1.64. The van der Waals surface area contributed by atoms with Gasteiger partial charge in [-0.1, -0.05) is 0 Å². The summed E-state index contributed by atoms with van der Waals surface area (Å²) in [5, 5.41) is 8.87. The Labute approximate surface area is 50.6 Å². The van der Waals surface area contributed by atoms with E-state index in [9.17, 15) is 0 Å². The number of furan rings is 1. The highest BCUT2D eigenvalue weighted by molar-refractivity contribution is 5.45. The molecule has 2 heterocycles. The summed E-state index contributed by atoms with van der Waals surface area (Å²) in [6.07, 6.45) is 1.17. The Morgan fingerprint density at radius 1 is 1.44 bits per heavy atom. The topological polar surface area (TPSA) is 51.8 Å². The third-order valence-electron chi connectivity index (χ3n) is 1.09. The van der Waals surface area contributed by atoms with E-state index in [2.05, 4.69) is 0 Å². The van der Waals surface area contributed by atoms with Crippen molar-refractivity contribution in [3.63, 3.8) is 0 Å². The van der Waals surface area contributed by atoms with Gasteiger partial charge >= 0.3 is 5.95 Å². The van der Waals surface area contributed by atoms with Crippen LogP contribution >= 0.6 is 0 Å². The fraction of sp³-hybridized carbons (Fsp3) is 0.200. The quantitative estimate of drug-likeness (QED) is 0.559. The van der Waals surface area contributed by atoms with Gasteiger partial charge in [-0.15, -0.1) is 0 Å². The Morgan fingerprint density at radius 3 is 3.11 bits per heavy atom. The van der Waals surface area contributed by atoms with E-state index >= 15 is 0 Å². The zero-order valence-corrected chi connectivity index (χ0v) is 4.46. The lowest BCUT2D eigenvalue weighted by molar-refractivity contribution is 0.147. The molecule has 0 atom stereocenters. The summed E-state index contributed by atoms with van der Waals surface area (Å²) in [6.45, 7) is 0.128. The summed E-state index contributed by atoms with van der Waals surface area (Å²) in [7, 11) is 0. The monoisotopic (exact) mass is 128 g/mol. The molecule has 1 aromatic rings. The van der Waals surface area contributed by atoms with Gasteiger partial charge in [-0.3, -0.25) is 0 Å². The van der Waals surface area contributed by atoms with Crippen molar-refractivity contribution in [2.24, 2.45) is 0 Å². The highest BCUT2D eigenvalue weighted by atomic mass is 16.7. The van der Waals surface area contributed by atoms with Crippen LogP contribution in [0.3, 0.4) is 0 Å². The van der Waals surface area contributed by atoms with Crippen molar-refractivity contribution in [2.75, 3.05) is 6.79 Å². The Morgan fingerprint density at radius 2 is 2.33 bits per heavy atom.